The molecule has 1 heterocycles. The standard InChI is InChI=1S/C7H15NO3/c1-5-3-6(9)7(10)4-8(5,2)11/h5-7,9-10H,3-4H2,1-2H3/t5-,6?,7?,8+/m1/s1. The number of hydrogen-bond donors (Lipinski definition) is 2. The van der Waals surface area contributed by atoms with E-state index in [9.17, 15) is 10.3 Å². The van der Waals surface area contributed by atoms with Crippen LogP contribution in [0.5, 0.6) is 0 Å². The van der Waals surface area contributed by atoms with Crippen LogP contribution in [0.1, 0.15) is 13.3 Å². The van der Waals surface area contributed by atoms with Crippen molar-refractivity contribution in [1.29, 1.82) is 0 Å². The molecule has 0 saturated carbocycles. The van der Waals surface area contributed by atoms with E-state index in [0.717, 1.165) is 0 Å². The number of piperidine rings is 1. The van der Waals surface area contributed by atoms with Crippen LogP contribution in [-0.4, -0.2) is 46.7 Å². The molecule has 0 aromatic heterocycles. The first-order valence-electron chi connectivity index (χ1n) is 3.86. The van der Waals surface area contributed by atoms with Crippen LogP contribution in [0.25, 0.3) is 0 Å². The van der Waals surface area contributed by atoms with Crippen LogP contribution in [0.15, 0.2) is 0 Å². The summed E-state index contributed by atoms with van der Waals surface area (Å²) < 4.78 is -0.446. The molecule has 1 aliphatic heterocycles. The van der Waals surface area contributed by atoms with Crippen LogP contribution in [0.4, 0.5) is 0 Å². The Kier molecular flexibility index (Phi) is 2.20. The van der Waals surface area contributed by atoms with Gasteiger partial charge in [0.25, 0.3) is 0 Å². The van der Waals surface area contributed by atoms with Crippen molar-refractivity contribution in [2.75, 3.05) is 13.6 Å². The lowest BCUT2D eigenvalue weighted by atomic mass is 9.99. The van der Waals surface area contributed by atoms with E-state index in [-0.39, 0.29) is 12.6 Å². The first-order valence-corrected chi connectivity index (χ1v) is 3.86. The van der Waals surface area contributed by atoms with Gasteiger partial charge in [-0.05, 0) is 6.92 Å². The molecular formula is C7H15NO3. The van der Waals surface area contributed by atoms with Gasteiger partial charge in [-0.1, -0.05) is 0 Å². The van der Waals surface area contributed by atoms with Crippen molar-refractivity contribution in [2.45, 2.75) is 31.6 Å². The number of likely N-dealkylation sites (N-methyl/N-ethyl adjacent to an activating group) is 1. The minimum absolute atomic E-state index is 0.0995. The van der Waals surface area contributed by atoms with Crippen LogP contribution < -0.4 is 0 Å². The Morgan fingerprint density at radius 3 is 2.36 bits per heavy atom. The summed E-state index contributed by atoms with van der Waals surface area (Å²) in [6, 6.07) is -0.117. The molecular weight excluding hydrogens is 146 g/mol. The Morgan fingerprint density at radius 1 is 1.36 bits per heavy atom. The number of quaternary nitrogens is 1. The molecule has 0 bridgehead atoms. The largest absolute Gasteiger partial charge is 0.633 e. The molecule has 4 atom stereocenters. The molecule has 4 heteroatoms. The minimum atomic E-state index is -0.853. The Bertz CT molecular complexity index is 149. The summed E-state index contributed by atoms with van der Waals surface area (Å²) in [4.78, 5) is 0. The predicted molar refractivity (Wildman–Crippen MR) is 40.5 cm³/mol. The molecule has 2 unspecified atom stereocenters. The van der Waals surface area contributed by atoms with Crippen molar-refractivity contribution in [3.8, 4) is 0 Å². The summed E-state index contributed by atoms with van der Waals surface area (Å²) in [5.74, 6) is 0. The topological polar surface area (TPSA) is 63.5 Å². The molecule has 0 aromatic rings. The molecule has 2 N–H and O–H groups in total. The third-order valence-corrected chi connectivity index (χ3v) is 2.51. The molecule has 0 aliphatic carbocycles. The molecule has 0 radical (unpaired) electrons. The van der Waals surface area contributed by atoms with Crippen molar-refractivity contribution in [3.63, 3.8) is 0 Å². The fourth-order valence-electron chi connectivity index (χ4n) is 1.40. The fraction of sp³-hybridized carbons (Fsp3) is 1.00. The number of likely N-dealkylation sites (tertiary alicyclic amines) is 1. The van der Waals surface area contributed by atoms with E-state index in [2.05, 4.69) is 0 Å². The number of aliphatic hydroxyl groups excluding tert-OH is 2. The van der Waals surface area contributed by atoms with E-state index < -0.39 is 16.9 Å². The van der Waals surface area contributed by atoms with Gasteiger partial charge in [-0.2, -0.15) is 0 Å². The first kappa shape index (κ1) is 8.93. The van der Waals surface area contributed by atoms with Gasteiger partial charge >= 0.3 is 0 Å². The zero-order valence-corrected chi connectivity index (χ0v) is 6.90. The highest BCUT2D eigenvalue weighted by Crippen LogP contribution is 2.22. The van der Waals surface area contributed by atoms with Crippen molar-refractivity contribution in [1.82, 2.24) is 0 Å². The quantitative estimate of drug-likeness (QED) is 0.370. The van der Waals surface area contributed by atoms with E-state index in [1.807, 2.05) is 0 Å². The lowest BCUT2D eigenvalue weighted by Crippen LogP contribution is -2.58. The minimum Gasteiger partial charge on any atom is -0.633 e. The van der Waals surface area contributed by atoms with Gasteiger partial charge < -0.3 is 20.1 Å². The van der Waals surface area contributed by atoms with Crippen molar-refractivity contribution < 1.29 is 14.9 Å². The fourth-order valence-corrected chi connectivity index (χ4v) is 1.40. The van der Waals surface area contributed by atoms with Gasteiger partial charge in [-0.25, -0.2) is 0 Å². The van der Waals surface area contributed by atoms with Gasteiger partial charge in [0.2, 0.25) is 0 Å². The zero-order valence-electron chi connectivity index (χ0n) is 6.90. The summed E-state index contributed by atoms with van der Waals surface area (Å²) in [5, 5.41) is 29.8. The third-order valence-electron chi connectivity index (χ3n) is 2.51. The molecule has 0 amide bonds. The molecule has 0 spiro atoms. The molecule has 4 nitrogen and oxygen atoms in total. The highest BCUT2D eigenvalue weighted by molar-refractivity contribution is 4.76. The average Bonchev–Trinajstić information content (AvgIpc) is 1.83. The lowest BCUT2D eigenvalue weighted by molar-refractivity contribution is -0.894. The van der Waals surface area contributed by atoms with Gasteiger partial charge in [0.1, 0.15) is 12.6 Å². The van der Waals surface area contributed by atoms with E-state index in [4.69, 9.17) is 5.11 Å². The number of hydrogen-bond acceptors (Lipinski definition) is 3. The zero-order chi connectivity index (χ0) is 8.65. The average molecular weight is 161 g/mol. The predicted octanol–water partition coefficient (Wildman–Crippen LogP) is -0.555. The van der Waals surface area contributed by atoms with Gasteiger partial charge in [-0.15, -0.1) is 0 Å². The Hall–Kier alpha value is -0.160. The van der Waals surface area contributed by atoms with Crippen molar-refractivity contribution >= 4 is 0 Å². The molecule has 1 aliphatic rings. The normalized spacial score (nSPS) is 52.6. The molecule has 0 aromatic carbocycles. The molecule has 1 fully saturated rings. The van der Waals surface area contributed by atoms with Crippen molar-refractivity contribution in [2.24, 2.45) is 0 Å². The van der Waals surface area contributed by atoms with Gasteiger partial charge in [-0.3, -0.25) is 0 Å². The monoisotopic (exact) mass is 161 g/mol. The number of nitrogens with zero attached hydrogens (tertiary/aromatic N) is 1. The molecule has 1 saturated heterocycles. The first-order chi connectivity index (χ1) is 4.93. The molecule has 1 rings (SSSR count). The summed E-state index contributed by atoms with van der Waals surface area (Å²) in [6.45, 7) is 1.89. The van der Waals surface area contributed by atoms with Crippen LogP contribution in [0.3, 0.4) is 0 Å². The Morgan fingerprint density at radius 2 is 1.91 bits per heavy atom. The summed E-state index contributed by atoms with van der Waals surface area (Å²) in [5.41, 5.74) is 0. The lowest BCUT2D eigenvalue weighted by Gasteiger charge is -2.49. The number of rotatable bonds is 0. The van der Waals surface area contributed by atoms with Gasteiger partial charge in [0.05, 0.1) is 19.2 Å². The van der Waals surface area contributed by atoms with Crippen LogP contribution in [0, 0.1) is 5.21 Å². The highest BCUT2D eigenvalue weighted by atomic mass is 16.5. The Balaban J connectivity index is 2.63. The van der Waals surface area contributed by atoms with Gasteiger partial charge in [0, 0.05) is 6.42 Å². The number of aliphatic hydroxyl groups is 2. The maximum Gasteiger partial charge on any atom is 0.129 e. The number of hydroxylamine groups is 3. The van der Waals surface area contributed by atoms with Crippen LogP contribution >= 0.6 is 0 Å². The van der Waals surface area contributed by atoms with E-state index in [0.29, 0.717) is 6.42 Å². The highest BCUT2D eigenvalue weighted by Gasteiger charge is 2.35. The second kappa shape index (κ2) is 2.71. The SMILES string of the molecule is C[C@@H]1CC(O)C(O)C[N@+]1(C)[O-]. The smallest absolute Gasteiger partial charge is 0.129 e. The van der Waals surface area contributed by atoms with Crippen LogP contribution in [0.2, 0.25) is 0 Å². The second-order valence-electron chi connectivity index (χ2n) is 3.58. The summed E-state index contributed by atoms with van der Waals surface area (Å²) in [7, 11) is 1.53. The van der Waals surface area contributed by atoms with Crippen molar-refractivity contribution in [3.05, 3.63) is 5.21 Å². The summed E-state index contributed by atoms with van der Waals surface area (Å²) >= 11 is 0. The second-order valence-corrected chi connectivity index (χ2v) is 3.58. The van der Waals surface area contributed by atoms with E-state index >= 15 is 0 Å². The molecule has 11 heavy (non-hydrogen) atoms. The Labute approximate surface area is 66.2 Å². The molecule has 66 valence electrons. The maximum absolute atomic E-state index is 11.5. The summed E-state index contributed by atoms with van der Waals surface area (Å²) in [6.07, 6.45) is -1.18. The van der Waals surface area contributed by atoms with Crippen LogP contribution in [-0.2, 0) is 0 Å². The maximum atomic E-state index is 11.5. The van der Waals surface area contributed by atoms with E-state index in [1.165, 1.54) is 7.05 Å². The third kappa shape index (κ3) is 1.70. The van der Waals surface area contributed by atoms with E-state index in [1.54, 1.807) is 6.92 Å². The van der Waals surface area contributed by atoms with Gasteiger partial charge in [0.15, 0.2) is 0 Å².